The number of sulfone groups is 1. The highest BCUT2D eigenvalue weighted by Gasteiger charge is 2.10. The quantitative estimate of drug-likeness (QED) is 0.903. The number of halogens is 3. The van der Waals surface area contributed by atoms with Crippen molar-refractivity contribution in [3.05, 3.63) is 57.8 Å². The van der Waals surface area contributed by atoms with Gasteiger partial charge in [0.05, 0.1) is 15.6 Å². The molecule has 0 aromatic heterocycles. The highest BCUT2D eigenvalue weighted by atomic mass is 35.5. The fourth-order valence-corrected chi connectivity index (χ4v) is 2.86. The average molecular weight is 348 g/mol. The molecule has 0 aliphatic carbocycles. The molecule has 0 heterocycles. The minimum Gasteiger partial charge on any atom is -0.380 e. The molecule has 0 fully saturated rings. The van der Waals surface area contributed by atoms with Crippen LogP contribution in [-0.4, -0.2) is 14.7 Å². The second-order valence-electron chi connectivity index (χ2n) is 4.55. The standard InChI is InChI=1S/C14H12Cl2FNO2S/c1-21(19,20)12-2-3-13(16)14(7-12)18-8-9-4-10(15)6-11(17)5-9/h2-7,18H,8H2,1H3. The zero-order chi connectivity index (χ0) is 15.6. The summed E-state index contributed by atoms with van der Waals surface area (Å²) in [6, 6.07) is 8.54. The van der Waals surface area contributed by atoms with E-state index in [-0.39, 0.29) is 11.4 Å². The Hall–Kier alpha value is -1.30. The van der Waals surface area contributed by atoms with Crippen LogP contribution in [0.1, 0.15) is 5.56 Å². The summed E-state index contributed by atoms with van der Waals surface area (Å²) in [5.74, 6) is -0.435. The molecule has 2 aromatic carbocycles. The van der Waals surface area contributed by atoms with Gasteiger partial charge in [-0.15, -0.1) is 0 Å². The maximum atomic E-state index is 13.2. The molecule has 0 spiro atoms. The monoisotopic (exact) mass is 347 g/mol. The smallest absolute Gasteiger partial charge is 0.175 e. The molecule has 21 heavy (non-hydrogen) atoms. The van der Waals surface area contributed by atoms with E-state index in [0.29, 0.717) is 21.3 Å². The predicted molar refractivity (Wildman–Crippen MR) is 83.3 cm³/mol. The summed E-state index contributed by atoms with van der Waals surface area (Å²) < 4.78 is 36.3. The van der Waals surface area contributed by atoms with Crippen molar-refractivity contribution in [3.63, 3.8) is 0 Å². The fraction of sp³-hybridized carbons (Fsp3) is 0.143. The molecule has 0 unspecified atom stereocenters. The molecule has 0 bridgehead atoms. The van der Waals surface area contributed by atoms with Crippen LogP contribution in [-0.2, 0) is 16.4 Å². The maximum Gasteiger partial charge on any atom is 0.175 e. The normalized spacial score (nSPS) is 11.4. The van der Waals surface area contributed by atoms with Gasteiger partial charge in [0.25, 0.3) is 0 Å². The molecule has 0 radical (unpaired) electrons. The van der Waals surface area contributed by atoms with Crippen molar-refractivity contribution in [2.24, 2.45) is 0 Å². The molecular weight excluding hydrogens is 336 g/mol. The number of rotatable bonds is 4. The second kappa shape index (κ2) is 6.22. The van der Waals surface area contributed by atoms with Crippen LogP contribution in [0.3, 0.4) is 0 Å². The first-order valence-corrected chi connectivity index (χ1v) is 8.59. The Morgan fingerprint density at radius 3 is 2.48 bits per heavy atom. The van der Waals surface area contributed by atoms with Crippen LogP contribution in [0.2, 0.25) is 10.0 Å². The summed E-state index contributed by atoms with van der Waals surface area (Å²) in [5.41, 5.74) is 1.08. The molecule has 0 saturated carbocycles. The topological polar surface area (TPSA) is 46.2 Å². The maximum absolute atomic E-state index is 13.2. The Balaban J connectivity index is 2.23. The first kappa shape index (κ1) is 16.1. The molecule has 0 aliphatic heterocycles. The largest absolute Gasteiger partial charge is 0.380 e. The number of benzene rings is 2. The molecule has 2 rings (SSSR count). The van der Waals surface area contributed by atoms with E-state index < -0.39 is 15.7 Å². The molecule has 0 saturated heterocycles. The Labute approximate surface area is 132 Å². The second-order valence-corrected chi connectivity index (χ2v) is 7.40. The van der Waals surface area contributed by atoms with Gasteiger partial charge in [0, 0.05) is 17.8 Å². The lowest BCUT2D eigenvalue weighted by atomic mass is 10.2. The van der Waals surface area contributed by atoms with Crippen LogP contribution in [0, 0.1) is 5.82 Å². The number of hydrogen-bond donors (Lipinski definition) is 1. The van der Waals surface area contributed by atoms with E-state index in [9.17, 15) is 12.8 Å². The summed E-state index contributed by atoms with van der Waals surface area (Å²) in [5, 5.41) is 3.65. The summed E-state index contributed by atoms with van der Waals surface area (Å²) in [4.78, 5) is 0.159. The Bertz CT molecular complexity index is 758. The molecule has 3 nitrogen and oxygen atoms in total. The van der Waals surface area contributed by atoms with Crippen molar-refractivity contribution in [1.82, 2.24) is 0 Å². The lowest BCUT2D eigenvalue weighted by Gasteiger charge is -2.10. The van der Waals surface area contributed by atoms with E-state index in [1.165, 1.54) is 30.3 Å². The van der Waals surface area contributed by atoms with Gasteiger partial charge in [0.15, 0.2) is 9.84 Å². The van der Waals surface area contributed by atoms with Crippen LogP contribution < -0.4 is 5.32 Å². The highest BCUT2D eigenvalue weighted by molar-refractivity contribution is 7.90. The number of anilines is 1. The summed E-state index contributed by atoms with van der Waals surface area (Å²) >= 11 is 11.8. The average Bonchev–Trinajstić information content (AvgIpc) is 2.35. The third-order valence-electron chi connectivity index (χ3n) is 2.77. The van der Waals surface area contributed by atoms with E-state index in [1.54, 1.807) is 6.07 Å². The predicted octanol–water partition coefficient (Wildman–Crippen LogP) is 4.15. The van der Waals surface area contributed by atoms with Crippen LogP contribution in [0.15, 0.2) is 41.3 Å². The van der Waals surface area contributed by atoms with Gasteiger partial charge in [0.1, 0.15) is 5.82 Å². The number of nitrogens with one attached hydrogen (secondary N) is 1. The first-order valence-electron chi connectivity index (χ1n) is 5.94. The lowest BCUT2D eigenvalue weighted by Crippen LogP contribution is -2.03. The van der Waals surface area contributed by atoms with Gasteiger partial charge < -0.3 is 5.32 Å². The van der Waals surface area contributed by atoms with E-state index in [2.05, 4.69) is 5.32 Å². The SMILES string of the molecule is CS(=O)(=O)c1ccc(Cl)c(NCc2cc(F)cc(Cl)c2)c1. The summed E-state index contributed by atoms with van der Waals surface area (Å²) in [6.07, 6.45) is 1.12. The summed E-state index contributed by atoms with van der Waals surface area (Å²) in [7, 11) is -3.32. The van der Waals surface area contributed by atoms with Crippen LogP contribution >= 0.6 is 23.2 Å². The third kappa shape index (κ3) is 4.33. The minimum absolute atomic E-state index is 0.159. The molecule has 0 aliphatic rings. The van der Waals surface area contributed by atoms with E-state index >= 15 is 0 Å². The van der Waals surface area contributed by atoms with Gasteiger partial charge in [-0.1, -0.05) is 23.2 Å². The van der Waals surface area contributed by atoms with Gasteiger partial charge in [0.2, 0.25) is 0 Å². The molecular formula is C14H12Cl2FNO2S. The van der Waals surface area contributed by atoms with Crippen molar-refractivity contribution in [1.29, 1.82) is 0 Å². The molecule has 0 amide bonds. The van der Waals surface area contributed by atoms with E-state index in [4.69, 9.17) is 23.2 Å². The number of hydrogen-bond acceptors (Lipinski definition) is 3. The Morgan fingerprint density at radius 1 is 1.14 bits per heavy atom. The molecule has 1 N–H and O–H groups in total. The Morgan fingerprint density at radius 2 is 1.86 bits per heavy atom. The van der Waals surface area contributed by atoms with Crippen molar-refractivity contribution >= 4 is 38.7 Å². The zero-order valence-corrected chi connectivity index (χ0v) is 13.4. The van der Waals surface area contributed by atoms with Gasteiger partial charge in [-0.25, -0.2) is 12.8 Å². The highest BCUT2D eigenvalue weighted by Crippen LogP contribution is 2.26. The fourth-order valence-electron chi connectivity index (χ4n) is 1.78. The van der Waals surface area contributed by atoms with E-state index in [1.807, 2.05) is 0 Å². The van der Waals surface area contributed by atoms with Gasteiger partial charge in [-0.3, -0.25) is 0 Å². The van der Waals surface area contributed by atoms with Gasteiger partial charge in [-0.2, -0.15) is 0 Å². The van der Waals surface area contributed by atoms with Crippen LogP contribution in [0.25, 0.3) is 0 Å². The molecule has 112 valence electrons. The summed E-state index contributed by atoms with van der Waals surface area (Å²) in [6.45, 7) is 0.268. The van der Waals surface area contributed by atoms with Crippen molar-refractivity contribution in [3.8, 4) is 0 Å². The van der Waals surface area contributed by atoms with Gasteiger partial charge >= 0.3 is 0 Å². The lowest BCUT2D eigenvalue weighted by molar-refractivity contribution is 0.602. The Kier molecular flexibility index (Phi) is 4.76. The van der Waals surface area contributed by atoms with E-state index in [0.717, 1.165) is 6.26 Å². The molecule has 7 heteroatoms. The van der Waals surface area contributed by atoms with Gasteiger partial charge in [-0.05, 0) is 42.0 Å². The van der Waals surface area contributed by atoms with Crippen LogP contribution in [0.4, 0.5) is 10.1 Å². The van der Waals surface area contributed by atoms with Crippen LogP contribution in [0.5, 0.6) is 0 Å². The van der Waals surface area contributed by atoms with Crippen molar-refractivity contribution in [2.75, 3.05) is 11.6 Å². The zero-order valence-electron chi connectivity index (χ0n) is 11.0. The third-order valence-corrected chi connectivity index (χ3v) is 4.43. The first-order chi connectivity index (χ1) is 9.75. The minimum atomic E-state index is -3.32. The van der Waals surface area contributed by atoms with Crippen molar-refractivity contribution in [2.45, 2.75) is 11.4 Å². The van der Waals surface area contributed by atoms with Crippen molar-refractivity contribution < 1.29 is 12.8 Å². The molecule has 0 atom stereocenters. The molecule has 2 aromatic rings.